The van der Waals surface area contributed by atoms with Crippen molar-refractivity contribution in [3.8, 4) is 0 Å². The number of halogens is 2. The molecule has 2 aromatic rings. The Morgan fingerprint density at radius 3 is 2.58 bits per heavy atom. The van der Waals surface area contributed by atoms with E-state index in [1.807, 2.05) is 0 Å². The molecule has 0 bridgehead atoms. The van der Waals surface area contributed by atoms with Crippen LogP contribution < -0.4 is 5.32 Å². The Hall–Kier alpha value is -2.08. The highest BCUT2D eigenvalue weighted by molar-refractivity contribution is 7.91. The lowest BCUT2D eigenvalue weighted by atomic mass is 10.2. The Bertz CT molecular complexity index is 982. The van der Waals surface area contributed by atoms with E-state index in [4.69, 9.17) is 23.2 Å². The van der Waals surface area contributed by atoms with Gasteiger partial charge in [-0.2, -0.15) is 0 Å². The van der Waals surface area contributed by atoms with Crippen LogP contribution in [0.25, 0.3) is 6.08 Å². The number of carbonyl (C=O) groups is 1. The number of nitrogens with one attached hydrogen (secondary N) is 1. The molecule has 0 heterocycles. The zero-order valence-electron chi connectivity index (χ0n) is 14.0. The molecule has 0 radical (unpaired) electrons. The highest BCUT2D eigenvalue weighted by Crippen LogP contribution is 2.23. The second-order valence-corrected chi connectivity index (χ2v) is 8.41. The molecule has 2 rings (SSSR count). The standard InChI is InChI=1S/C19H17Cl2NO3S/c1-3-10-26(24,25)16-8-4-13(2)18(12-16)22-19(23)9-6-14-5-7-15(20)11-17(14)21/h3-9,11-12H,1,10H2,2H3,(H,22,23)/b9-6+. The van der Waals surface area contributed by atoms with E-state index in [2.05, 4.69) is 11.9 Å². The highest BCUT2D eigenvalue weighted by Gasteiger charge is 2.14. The monoisotopic (exact) mass is 409 g/mol. The van der Waals surface area contributed by atoms with E-state index in [0.717, 1.165) is 5.56 Å². The summed E-state index contributed by atoms with van der Waals surface area (Å²) in [6, 6.07) is 9.54. The molecule has 0 aliphatic rings. The third-order valence-electron chi connectivity index (χ3n) is 3.54. The Morgan fingerprint density at radius 1 is 1.19 bits per heavy atom. The van der Waals surface area contributed by atoms with Gasteiger partial charge in [-0.3, -0.25) is 4.79 Å². The van der Waals surface area contributed by atoms with E-state index >= 15 is 0 Å². The fourth-order valence-electron chi connectivity index (χ4n) is 2.16. The van der Waals surface area contributed by atoms with Gasteiger partial charge in [-0.1, -0.05) is 41.4 Å². The van der Waals surface area contributed by atoms with Gasteiger partial charge in [-0.25, -0.2) is 8.42 Å². The van der Waals surface area contributed by atoms with Crippen molar-refractivity contribution in [3.05, 3.63) is 76.3 Å². The number of sulfone groups is 1. The van der Waals surface area contributed by atoms with Crippen molar-refractivity contribution in [2.24, 2.45) is 0 Å². The second kappa shape index (κ2) is 8.54. The van der Waals surface area contributed by atoms with Crippen molar-refractivity contribution in [2.75, 3.05) is 11.1 Å². The van der Waals surface area contributed by atoms with Crippen LogP contribution in [0.4, 0.5) is 5.69 Å². The van der Waals surface area contributed by atoms with Crippen LogP contribution in [0, 0.1) is 6.92 Å². The van der Waals surface area contributed by atoms with Gasteiger partial charge in [0.15, 0.2) is 9.84 Å². The molecule has 0 saturated heterocycles. The first kappa shape index (κ1) is 20.2. The summed E-state index contributed by atoms with van der Waals surface area (Å²) in [5.74, 6) is -0.573. The van der Waals surface area contributed by atoms with Gasteiger partial charge in [-0.05, 0) is 48.4 Å². The molecule has 0 aliphatic heterocycles. The summed E-state index contributed by atoms with van der Waals surface area (Å²) in [7, 11) is -3.47. The topological polar surface area (TPSA) is 63.2 Å². The Labute approximate surface area is 163 Å². The Kier molecular flexibility index (Phi) is 6.64. The minimum absolute atomic E-state index is 0.128. The summed E-state index contributed by atoms with van der Waals surface area (Å²) < 4.78 is 24.3. The maximum absolute atomic E-state index is 12.2. The summed E-state index contributed by atoms with van der Waals surface area (Å²) in [5.41, 5.74) is 1.81. The molecule has 0 spiro atoms. The van der Waals surface area contributed by atoms with E-state index < -0.39 is 15.7 Å². The Balaban J connectivity index is 2.21. The van der Waals surface area contributed by atoms with Crippen molar-refractivity contribution in [1.29, 1.82) is 0 Å². The van der Waals surface area contributed by atoms with Gasteiger partial charge in [0, 0.05) is 21.8 Å². The molecule has 26 heavy (non-hydrogen) atoms. The molecule has 0 saturated carbocycles. The molecule has 0 atom stereocenters. The van der Waals surface area contributed by atoms with Gasteiger partial charge < -0.3 is 5.32 Å². The highest BCUT2D eigenvalue weighted by atomic mass is 35.5. The van der Waals surface area contributed by atoms with E-state index in [0.29, 0.717) is 21.3 Å². The molecule has 0 aromatic heterocycles. The van der Waals surface area contributed by atoms with Crippen LogP contribution >= 0.6 is 23.2 Å². The van der Waals surface area contributed by atoms with Crippen LogP contribution in [0.5, 0.6) is 0 Å². The zero-order valence-corrected chi connectivity index (χ0v) is 16.3. The SMILES string of the molecule is C=CCS(=O)(=O)c1ccc(C)c(NC(=O)/C=C/c2ccc(Cl)cc2Cl)c1. The van der Waals surface area contributed by atoms with E-state index in [9.17, 15) is 13.2 Å². The molecule has 0 unspecified atom stereocenters. The van der Waals surface area contributed by atoms with Crippen LogP contribution in [-0.2, 0) is 14.6 Å². The first-order valence-corrected chi connectivity index (χ1v) is 10.0. The molecule has 0 fully saturated rings. The number of rotatable bonds is 6. The first-order valence-electron chi connectivity index (χ1n) is 7.61. The number of hydrogen-bond acceptors (Lipinski definition) is 3. The summed E-state index contributed by atoms with van der Waals surface area (Å²) in [6.45, 7) is 5.23. The average molecular weight is 410 g/mol. The quantitative estimate of drug-likeness (QED) is 0.544. The van der Waals surface area contributed by atoms with Crippen LogP contribution in [-0.4, -0.2) is 20.1 Å². The van der Waals surface area contributed by atoms with Gasteiger partial charge in [0.2, 0.25) is 5.91 Å². The van der Waals surface area contributed by atoms with Crippen molar-refractivity contribution >= 4 is 50.7 Å². The summed E-state index contributed by atoms with van der Waals surface area (Å²) in [6.07, 6.45) is 4.20. The molecule has 0 aliphatic carbocycles. The smallest absolute Gasteiger partial charge is 0.248 e. The van der Waals surface area contributed by atoms with Crippen molar-refractivity contribution in [1.82, 2.24) is 0 Å². The number of amides is 1. The van der Waals surface area contributed by atoms with Crippen LogP contribution in [0.3, 0.4) is 0 Å². The van der Waals surface area contributed by atoms with Crippen LogP contribution in [0.1, 0.15) is 11.1 Å². The lowest BCUT2D eigenvalue weighted by molar-refractivity contribution is -0.111. The maximum atomic E-state index is 12.2. The predicted molar refractivity (Wildman–Crippen MR) is 108 cm³/mol. The number of hydrogen-bond donors (Lipinski definition) is 1. The second-order valence-electron chi connectivity index (χ2n) is 5.54. The molecular formula is C19H17Cl2NO3S. The lowest BCUT2D eigenvalue weighted by Crippen LogP contribution is -2.11. The minimum Gasteiger partial charge on any atom is -0.322 e. The minimum atomic E-state index is -3.47. The number of anilines is 1. The van der Waals surface area contributed by atoms with E-state index in [1.54, 1.807) is 37.3 Å². The fraction of sp³-hybridized carbons (Fsp3) is 0.105. The molecule has 136 valence electrons. The van der Waals surface area contributed by atoms with Gasteiger partial charge in [-0.15, -0.1) is 6.58 Å². The van der Waals surface area contributed by atoms with Crippen molar-refractivity contribution < 1.29 is 13.2 Å². The molecular weight excluding hydrogens is 393 g/mol. The predicted octanol–water partition coefficient (Wildman–Crippen LogP) is 4.91. The molecule has 2 aromatic carbocycles. The molecule has 1 amide bonds. The zero-order chi connectivity index (χ0) is 19.3. The van der Waals surface area contributed by atoms with Crippen LogP contribution in [0.15, 0.2) is 60.0 Å². The van der Waals surface area contributed by atoms with Gasteiger partial charge in [0.25, 0.3) is 0 Å². The maximum Gasteiger partial charge on any atom is 0.248 e. The normalized spacial score (nSPS) is 11.5. The fourth-order valence-corrected chi connectivity index (χ4v) is 3.70. The summed E-state index contributed by atoms with van der Waals surface area (Å²) in [5, 5.41) is 3.61. The number of benzene rings is 2. The van der Waals surface area contributed by atoms with Gasteiger partial charge in [0.1, 0.15) is 0 Å². The first-order chi connectivity index (χ1) is 12.2. The largest absolute Gasteiger partial charge is 0.322 e. The summed E-state index contributed by atoms with van der Waals surface area (Å²) >= 11 is 11.9. The third-order valence-corrected chi connectivity index (χ3v) is 5.75. The van der Waals surface area contributed by atoms with E-state index in [1.165, 1.54) is 24.3 Å². The van der Waals surface area contributed by atoms with Crippen molar-refractivity contribution in [2.45, 2.75) is 11.8 Å². The molecule has 4 nitrogen and oxygen atoms in total. The third kappa shape index (κ3) is 5.21. The van der Waals surface area contributed by atoms with Crippen molar-refractivity contribution in [3.63, 3.8) is 0 Å². The average Bonchev–Trinajstić information content (AvgIpc) is 2.56. The summed E-state index contributed by atoms with van der Waals surface area (Å²) in [4.78, 5) is 12.3. The molecule has 1 N–H and O–H groups in total. The van der Waals surface area contributed by atoms with Gasteiger partial charge >= 0.3 is 0 Å². The Morgan fingerprint density at radius 2 is 1.92 bits per heavy atom. The lowest BCUT2D eigenvalue weighted by Gasteiger charge is -2.09. The van der Waals surface area contributed by atoms with Gasteiger partial charge in [0.05, 0.1) is 10.6 Å². The van der Waals surface area contributed by atoms with E-state index in [-0.39, 0.29) is 10.6 Å². The number of carbonyl (C=O) groups excluding carboxylic acids is 1. The van der Waals surface area contributed by atoms with Crippen LogP contribution in [0.2, 0.25) is 10.0 Å². The molecule has 7 heteroatoms. The number of aryl methyl sites for hydroxylation is 1.